The van der Waals surface area contributed by atoms with Crippen molar-refractivity contribution in [3.8, 4) is 0 Å². The zero-order chi connectivity index (χ0) is 63.2. The van der Waals surface area contributed by atoms with Crippen molar-refractivity contribution in [3.63, 3.8) is 0 Å². The van der Waals surface area contributed by atoms with Crippen molar-refractivity contribution < 1.29 is 19.8 Å². The first-order valence-electron chi connectivity index (χ1n) is 36.1. The van der Waals surface area contributed by atoms with Gasteiger partial charge in [-0.2, -0.15) is 0 Å². The van der Waals surface area contributed by atoms with Gasteiger partial charge in [0.2, 0.25) is 0 Å². The largest absolute Gasteiger partial charge is 0.550 e. The molecule has 86 heavy (non-hydrogen) atoms. The van der Waals surface area contributed by atoms with Crippen molar-refractivity contribution in [3.05, 3.63) is 119 Å². The number of carbonyl (C=O) groups excluding carboxylic acids is 2. The Morgan fingerprint density at radius 3 is 0.558 bits per heavy atom. The van der Waals surface area contributed by atoms with Crippen LogP contribution in [0.25, 0.3) is 0 Å². The molecule has 4 nitrogen and oxygen atoms in total. The highest BCUT2D eigenvalue weighted by Crippen LogP contribution is 2.62. The lowest BCUT2D eigenvalue weighted by molar-refractivity contribution is -0.303. The summed E-state index contributed by atoms with van der Waals surface area (Å²) in [6, 6.07) is 35.9. The highest BCUT2D eigenvalue weighted by Gasteiger charge is 2.51. The molecular formula is C80H134O4P2. The minimum absolute atomic E-state index is 0.792. The van der Waals surface area contributed by atoms with Crippen molar-refractivity contribution in [2.75, 3.05) is 24.6 Å². The van der Waals surface area contributed by atoms with Gasteiger partial charge in [-0.15, -0.1) is 0 Å². The minimum atomic E-state index is -2.06. The molecule has 4 aromatic rings. The fourth-order valence-corrected chi connectivity index (χ4v) is 23.1. The summed E-state index contributed by atoms with van der Waals surface area (Å²) in [5.41, 5.74) is 5.43. The van der Waals surface area contributed by atoms with E-state index in [1.807, 2.05) is 0 Å². The van der Waals surface area contributed by atoms with Gasteiger partial charge in [-0.3, -0.25) is 0 Å². The second-order valence-electron chi connectivity index (χ2n) is 25.8. The van der Waals surface area contributed by atoms with E-state index in [-0.39, 0.29) is 0 Å². The van der Waals surface area contributed by atoms with Crippen LogP contribution in [0.4, 0.5) is 0 Å². The monoisotopic (exact) mass is 1220 g/mol. The number of hydrogen-bond acceptors (Lipinski definition) is 4. The highest BCUT2D eigenvalue weighted by molar-refractivity contribution is 8.01. The van der Waals surface area contributed by atoms with Gasteiger partial charge in [0.1, 0.15) is 28.5 Å². The summed E-state index contributed by atoms with van der Waals surface area (Å²) in [5.74, 6) is -2.17. The Kier molecular flexibility index (Phi) is 51.2. The summed E-state index contributed by atoms with van der Waals surface area (Å²) in [6.45, 7) is 20.4. The van der Waals surface area contributed by atoms with Gasteiger partial charge in [-0.25, -0.2) is 0 Å². The van der Waals surface area contributed by atoms with Crippen LogP contribution >= 0.6 is 14.5 Å². The second-order valence-corrected chi connectivity index (χ2v) is 33.5. The van der Waals surface area contributed by atoms with E-state index in [9.17, 15) is 0 Å². The zero-order valence-electron chi connectivity index (χ0n) is 57.9. The molecule has 0 radical (unpaired) electrons. The van der Waals surface area contributed by atoms with E-state index in [1.165, 1.54) is 275 Å². The van der Waals surface area contributed by atoms with Gasteiger partial charge in [0, 0.05) is 19.2 Å². The van der Waals surface area contributed by atoms with E-state index in [4.69, 9.17) is 19.8 Å². The first-order chi connectivity index (χ1) is 41.8. The molecule has 488 valence electrons. The maximum atomic E-state index is 8.89. The summed E-state index contributed by atoms with van der Waals surface area (Å²) in [5, 5.41) is 23.6. The maximum absolute atomic E-state index is 8.89. The van der Waals surface area contributed by atoms with Crippen LogP contribution < -0.4 is 31.4 Å². The van der Waals surface area contributed by atoms with Crippen LogP contribution in [0.3, 0.4) is 0 Å². The third-order valence-corrected chi connectivity index (χ3v) is 27.8. The molecule has 0 unspecified atom stereocenters. The van der Waals surface area contributed by atoms with Gasteiger partial charge in [0.05, 0.1) is 24.6 Å². The number of rotatable bonds is 48. The molecule has 0 heterocycles. The van der Waals surface area contributed by atoms with Crippen molar-refractivity contribution >= 4 is 47.7 Å². The Morgan fingerprint density at radius 2 is 0.407 bits per heavy atom. The highest BCUT2D eigenvalue weighted by atomic mass is 31.2. The van der Waals surface area contributed by atoms with Crippen molar-refractivity contribution in [2.45, 2.75) is 326 Å². The molecule has 0 aliphatic carbocycles. The number of carboxylic acids is 2. The van der Waals surface area contributed by atoms with Gasteiger partial charge in [0.15, 0.2) is 0 Å². The Hall–Kier alpha value is -3.32. The number of benzene rings is 4. The fourth-order valence-electron chi connectivity index (χ4n) is 12.9. The number of hydrogen-bond donors (Lipinski definition) is 0. The lowest BCUT2D eigenvalue weighted by Crippen LogP contribution is -2.42. The molecule has 0 N–H and O–H groups in total. The average Bonchev–Trinajstić information content (AvgIpc) is 0.821. The SMILES string of the molecule is CC(=O)[O-].CC(=O)[O-].CCCCCCCCCCCC[P+](CCCCCCCCCCCC)(CCCCCCCCCCCC)CCCCCCCCCCCC.Cc1ccccc1[P+](c1ccccc1C)(c1ccccc1C)c1ccccc1C. The van der Waals surface area contributed by atoms with Crippen molar-refractivity contribution in [1.29, 1.82) is 0 Å². The van der Waals surface area contributed by atoms with Crippen LogP contribution in [-0.2, 0) is 9.59 Å². The Bertz CT molecular complexity index is 1910. The van der Waals surface area contributed by atoms with Crippen molar-refractivity contribution in [1.82, 2.24) is 0 Å². The molecule has 0 aromatic heterocycles. The molecule has 4 aromatic carbocycles. The lowest BCUT2D eigenvalue weighted by Gasteiger charge is -2.31. The summed E-state index contributed by atoms with van der Waals surface area (Å²) >= 11 is 0. The van der Waals surface area contributed by atoms with Gasteiger partial charge in [-0.1, -0.05) is 306 Å². The average molecular weight is 1220 g/mol. The van der Waals surface area contributed by atoms with Crippen LogP contribution in [0.1, 0.15) is 321 Å². The van der Waals surface area contributed by atoms with Gasteiger partial charge in [0.25, 0.3) is 0 Å². The topological polar surface area (TPSA) is 80.3 Å². The van der Waals surface area contributed by atoms with Crippen LogP contribution in [-0.4, -0.2) is 36.6 Å². The standard InChI is InChI=1S/C48H100P.C28H28P.2C2H4O2/c1-5-9-13-17-21-25-29-33-37-41-45-49(46-42-38-34-30-26-22-18-14-10-6-2,47-43-39-35-31-27-23-19-15-11-7-3)48-44-40-36-32-28-24-20-16-12-8-4;1-21-13-5-9-17-25(21)29(26-18-10-6-14-22(26)2,27-19-11-7-15-23(27)3)28-20-12-8-16-24(28)4;2*1-2(3)4/h5-48H2,1-4H3;5-20H,1-4H3;2*1H3,(H,3,4)/q2*+1;;/p-2. The van der Waals surface area contributed by atoms with Crippen LogP contribution in [0, 0.1) is 27.7 Å². The second kappa shape index (κ2) is 54.6. The van der Waals surface area contributed by atoms with E-state index in [0.29, 0.717) is 0 Å². The van der Waals surface area contributed by atoms with Gasteiger partial charge in [-0.05, 0) is 139 Å². The summed E-state index contributed by atoms with van der Waals surface area (Å²) in [6.07, 6.45) is 66.2. The smallest absolute Gasteiger partial charge is 0.145 e. The normalized spacial score (nSPS) is 11.3. The first kappa shape index (κ1) is 80.7. The van der Waals surface area contributed by atoms with E-state index < -0.39 is 26.5 Å². The molecule has 0 fully saturated rings. The minimum Gasteiger partial charge on any atom is -0.550 e. The molecule has 0 saturated heterocycles. The predicted molar refractivity (Wildman–Crippen MR) is 385 cm³/mol. The first-order valence-corrected chi connectivity index (χ1v) is 40.4. The number of unbranched alkanes of at least 4 members (excludes halogenated alkanes) is 36. The van der Waals surface area contributed by atoms with Crippen LogP contribution in [0.5, 0.6) is 0 Å². The quantitative estimate of drug-likeness (QED) is 0.0326. The van der Waals surface area contributed by atoms with Crippen molar-refractivity contribution in [2.24, 2.45) is 0 Å². The molecule has 0 saturated carbocycles. The molecule has 6 heteroatoms. The molecule has 0 atom stereocenters. The fraction of sp³-hybridized carbons (Fsp3) is 0.675. The molecule has 0 amide bonds. The van der Waals surface area contributed by atoms with E-state index in [0.717, 1.165) is 13.8 Å². The van der Waals surface area contributed by atoms with E-state index in [2.05, 4.69) is 152 Å². The maximum Gasteiger partial charge on any atom is 0.145 e. The molecule has 0 aliphatic heterocycles. The van der Waals surface area contributed by atoms with Gasteiger partial charge >= 0.3 is 0 Å². The van der Waals surface area contributed by atoms with E-state index >= 15 is 0 Å². The zero-order valence-corrected chi connectivity index (χ0v) is 59.7. The summed E-state index contributed by atoms with van der Waals surface area (Å²) in [4.78, 5) is 17.8. The van der Waals surface area contributed by atoms with Crippen LogP contribution in [0.2, 0.25) is 0 Å². The molecule has 4 rings (SSSR count). The predicted octanol–water partition coefficient (Wildman–Crippen LogP) is 21.7. The summed E-state index contributed by atoms with van der Waals surface area (Å²) < 4.78 is 0. The van der Waals surface area contributed by atoms with E-state index in [1.54, 1.807) is 50.3 Å². The molecule has 0 aliphatic rings. The number of carbonyl (C=O) groups is 2. The third kappa shape index (κ3) is 37.6. The van der Waals surface area contributed by atoms with Gasteiger partial charge < -0.3 is 19.8 Å². The molecular weight excluding hydrogens is 1090 g/mol. The molecule has 0 spiro atoms. The lowest BCUT2D eigenvalue weighted by atomic mass is 10.1. The number of aliphatic carboxylic acids is 2. The Morgan fingerprint density at radius 1 is 0.267 bits per heavy atom. The number of aryl methyl sites for hydroxylation is 4. The number of carboxylic acid groups (broad SMARTS) is 2. The molecule has 0 bridgehead atoms. The van der Waals surface area contributed by atoms with Crippen LogP contribution in [0.15, 0.2) is 97.1 Å². The Labute approximate surface area is 534 Å². The summed E-state index contributed by atoms with van der Waals surface area (Å²) in [7, 11) is -2.85. The Balaban J connectivity index is 0.000000831. The third-order valence-electron chi connectivity index (χ3n) is 17.9.